The van der Waals surface area contributed by atoms with E-state index in [0.717, 1.165) is 21.8 Å². The molecule has 1 N–H and O–H groups in total. The Morgan fingerprint density at radius 2 is 2.30 bits per heavy atom. The fourth-order valence-electron chi connectivity index (χ4n) is 1.32. The van der Waals surface area contributed by atoms with Gasteiger partial charge < -0.3 is 0 Å². The predicted molar refractivity (Wildman–Crippen MR) is 67.3 cm³/mol. The van der Waals surface area contributed by atoms with Gasteiger partial charge in [0, 0.05) is 11.1 Å². The van der Waals surface area contributed by atoms with E-state index in [4.69, 9.17) is 0 Å². The highest BCUT2D eigenvalue weighted by Gasteiger charge is 2.33. The van der Waals surface area contributed by atoms with Crippen LogP contribution in [0.3, 0.4) is 0 Å². The normalized spacial score (nSPS) is 11.9. The third-order valence-electron chi connectivity index (χ3n) is 2.16. The van der Waals surface area contributed by atoms with E-state index >= 15 is 0 Å². The number of amides is 1. The van der Waals surface area contributed by atoms with Crippen molar-refractivity contribution in [3.8, 4) is 0 Å². The van der Waals surface area contributed by atoms with Gasteiger partial charge in [0.1, 0.15) is 6.54 Å². The molecule has 5 nitrogen and oxygen atoms in total. The average Bonchev–Trinajstić information content (AvgIpc) is 2.98. The minimum absolute atomic E-state index is 0.335. The van der Waals surface area contributed by atoms with Gasteiger partial charge in [-0.3, -0.25) is 9.48 Å². The van der Waals surface area contributed by atoms with Crippen LogP contribution in [-0.4, -0.2) is 21.9 Å². The Hall–Kier alpha value is -2.16. The molecule has 0 aliphatic rings. The second-order valence-corrected chi connectivity index (χ2v) is 4.68. The number of nitrogens with one attached hydrogen (secondary N) is 1. The predicted octanol–water partition coefficient (Wildman–Crippen LogP) is 2.11. The first-order valence-corrected chi connectivity index (χ1v) is 6.29. The van der Waals surface area contributed by atoms with Crippen LogP contribution in [0, 0.1) is 0 Å². The summed E-state index contributed by atoms with van der Waals surface area (Å²) in [5.41, 5.74) is 1.18. The van der Waals surface area contributed by atoms with Gasteiger partial charge in [0.2, 0.25) is 0 Å². The van der Waals surface area contributed by atoms with Crippen LogP contribution in [0.25, 0.3) is 0 Å². The van der Waals surface area contributed by atoms with E-state index in [1.165, 1.54) is 17.6 Å². The van der Waals surface area contributed by atoms with Gasteiger partial charge >= 0.3 is 6.18 Å². The number of hydrogen-bond acceptors (Lipinski definition) is 4. The number of halogens is 3. The Morgan fingerprint density at radius 3 is 2.90 bits per heavy atom. The van der Waals surface area contributed by atoms with Crippen molar-refractivity contribution < 1.29 is 18.0 Å². The van der Waals surface area contributed by atoms with Gasteiger partial charge in [-0.1, -0.05) is 6.07 Å². The lowest BCUT2D eigenvalue weighted by Crippen LogP contribution is -2.23. The quantitative estimate of drug-likeness (QED) is 0.694. The van der Waals surface area contributed by atoms with Crippen LogP contribution in [0.2, 0.25) is 0 Å². The van der Waals surface area contributed by atoms with E-state index in [9.17, 15) is 18.0 Å². The Morgan fingerprint density at radius 1 is 1.50 bits per heavy atom. The van der Waals surface area contributed by atoms with E-state index in [1.807, 2.05) is 17.5 Å². The summed E-state index contributed by atoms with van der Waals surface area (Å²) in [7, 11) is 0. The summed E-state index contributed by atoms with van der Waals surface area (Å²) < 4.78 is 37.8. The number of rotatable bonds is 4. The molecule has 0 fully saturated rings. The smallest absolute Gasteiger partial charge is 0.271 e. The molecular formula is C11H9F3N4OS. The number of alkyl halides is 3. The molecule has 0 saturated carbocycles. The summed E-state index contributed by atoms with van der Waals surface area (Å²) in [6, 6.07) is 4.45. The van der Waals surface area contributed by atoms with E-state index in [-0.39, 0.29) is 6.54 Å². The Labute approximate surface area is 115 Å². The van der Waals surface area contributed by atoms with Gasteiger partial charge in [0.15, 0.2) is 5.69 Å². The first-order valence-electron chi connectivity index (χ1n) is 5.41. The number of carbonyl (C=O) groups is 1. The Balaban J connectivity index is 1.87. The van der Waals surface area contributed by atoms with E-state index in [2.05, 4.69) is 15.6 Å². The molecule has 0 spiro atoms. The summed E-state index contributed by atoms with van der Waals surface area (Å²) in [4.78, 5) is 12.3. The van der Waals surface area contributed by atoms with Crippen LogP contribution < -0.4 is 5.43 Å². The maximum atomic E-state index is 12.3. The van der Waals surface area contributed by atoms with Crippen molar-refractivity contribution >= 4 is 23.5 Å². The minimum Gasteiger partial charge on any atom is -0.271 e. The van der Waals surface area contributed by atoms with Crippen molar-refractivity contribution in [1.29, 1.82) is 0 Å². The topological polar surface area (TPSA) is 59.3 Å². The van der Waals surface area contributed by atoms with Crippen molar-refractivity contribution in [3.63, 3.8) is 0 Å². The molecule has 0 aliphatic heterocycles. The second-order valence-electron chi connectivity index (χ2n) is 3.70. The van der Waals surface area contributed by atoms with Crippen LogP contribution >= 0.6 is 11.3 Å². The fraction of sp³-hybridized carbons (Fsp3) is 0.182. The number of hydrazone groups is 1. The van der Waals surface area contributed by atoms with E-state index < -0.39 is 17.8 Å². The third kappa shape index (κ3) is 3.92. The summed E-state index contributed by atoms with van der Waals surface area (Å²) in [6.07, 6.45) is -1.97. The molecule has 2 rings (SSSR count). The molecule has 0 atom stereocenters. The minimum atomic E-state index is -4.51. The lowest BCUT2D eigenvalue weighted by molar-refractivity contribution is -0.141. The highest BCUT2D eigenvalue weighted by Crippen LogP contribution is 2.27. The maximum Gasteiger partial charge on any atom is 0.435 e. The molecule has 0 saturated heterocycles. The molecule has 2 aromatic heterocycles. The molecule has 0 bridgehead atoms. The third-order valence-corrected chi connectivity index (χ3v) is 2.97. The summed E-state index contributed by atoms with van der Waals surface area (Å²) in [5.74, 6) is -0.561. The number of nitrogens with zero attached hydrogens (tertiary/aromatic N) is 3. The van der Waals surface area contributed by atoms with Gasteiger partial charge in [-0.15, -0.1) is 11.3 Å². The van der Waals surface area contributed by atoms with Crippen molar-refractivity contribution in [2.45, 2.75) is 12.7 Å². The molecule has 20 heavy (non-hydrogen) atoms. The lowest BCUT2D eigenvalue weighted by Gasteiger charge is -2.02. The van der Waals surface area contributed by atoms with Crippen LogP contribution in [0.15, 0.2) is 34.9 Å². The van der Waals surface area contributed by atoms with Crippen LogP contribution in [0.1, 0.15) is 10.6 Å². The van der Waals surface area contributed by atoms with Crippen molar-refractivity contribution in [2.75, 3.05) is 0 Å². The molecule has 106 valence electrons. The van der Waals surface area contributed by atoms with Crippen LogP contribution in [0.4, 0.5) is 13.2 Å². The zero-order valence-corrected chi connectivity index (χ0v) is 10.8. The largest absolute Gasteiger partial charge is 0.435 e. The van der Waals surface area contributed by atoms with Crippen LogP contribution in [-0.2, 0) is 17.5 Å². The van der Waals surface area contributed by atoms with Crippen molar-refractivity contribution in [2.24, 2.45) is 5.10 Å². The SMILES string of the molecule is O=C(Cn1ccc(C(F)(F)F)n1)N/N=C/c1cccs1. The average molecular weight is 302 g/mol. The van der Waals surface area contributed by atoms with Gasteiger partial charge in [0.25, 0.3) is 5.91 Å². The molecule has 0 aliphatic carbocycles. The lowest BCUT2D eigenvalue weighted by atomic mass is 10.4. The number of hydrogen-bond donors (Lipinski definition) is 1. The van der Waals surface area contributed by atoms with Gasteiger partial charge in [-0.05, 0) is 17.5 Å². The van der Waals surface area contributed by atoms with Crippen molar-refractivity contribution in [1.82, 2.24) is 15.2 Å². The molecule has 0 radical (unpaired) electrons. The van der Waals surface area contributed by atoms with Crippen LogP contribution in [0.5, 0.6) is 0 Å². The molecule has 0 unspecified atom stereocenters. The first-order chi connectivity index (χ1) is 9.45. The zero-order chi connectivity index (χ0) is 14.6. The molecule has 9 heteroatoms. The van der Waals surface area contributed by atoms with Gasteiger partial charge in [0.05, 0.1) is 6.21 Å². The Kier molecular flexibility index (Phi) is 4.18. The van der Waals surface area contributed by atoms with Gasteiger partial charge in [-0.2, -0.15) is 23.4 Å². The highest BCUT2D eigenvalue weighted by molar-refractivity contribution is 7.11. The number of carbonyl (C=O) groups excluding carboxylic acids is 1. The molecule has 2 aromatic rings. The molecule has 0 aromatic carbocycles. The molecular weight excluding hydrogens is 293 g/mol. The fourth-order valence-corrected chi connectivity index (χ4v) is 1.90. The summed E-state index contributed by atoms with van der Waals surface area (Å²) in [5, 5.41) is 8.80. The van der Waals surface area contributed by atoms with Gasteiger partial charge in [-0.25, -0.2) is 5.43 Å². The summed E-state index contributed by atoms with van der Waals surface area (Å²) >= 11 is 1.44. The standard InChI is InChI=1S/C11H9F3N4OS/c12-11(13,14)9-3-4-18(17-9)7-10(19)16-15-6-8-2-1-5-20-8/h1-6H,7H2,(H,16,19)/b15-6+. The number of thiophene rings is 1. The summed E-state index contributed by atoms with van der Waals surface area (Å²) in [6.45, 7) is -0.335. The van der Waals surface area contributed by atoms with Crippen molar-refractivity contribution in [3.05, 3.63) is 40.3 Å². The Bertz CT molecular complexity index is 603. The monoisotopic (exact) mass is 302 g/mol. The molecule has 2 heterocycles. The second kappa shape index (κ2) is 5.87. The van der Waals surface area contributed by atoms with E-state index in [1.54, 1.807) is 0 Å². The zero-order valence-electron chi connectivity index (χ0n) is 9.96. The van der Waals surface area contributed by atoms with E-state index in [0.29, 0.717) is 0 Å². The first kappa shape index (κ1) is 14.3. The molecule has 1 amide bonds. The maximum absolute atomic E-state index is 12.3. The number of aromatic nitrogens is 2. The highest BCUT2D eigenvalue weighted by atomic mass is 32.1.